The van der Waals surface area contributed by atoms with Gasteiger partial charge in [-0.2, -0.15) is 0 Å². The van der Waals surface area contributed by atoms with E-state index in [2.05, 4.69) is 5.32 Å². The molecule has 1 aromatic rings. The molecule has 2 atom stereocenters. The average molecular weight is 287 g/mol. The van der Waals surface area contributed by atoms with Crippen molar-refractivity contribution in [3.8, 4) is 0 Å². The van der Waals surface area contributed by atoms with E-state index in [0.717, 1.165) is 12.0 Å². The Balaban J connectivity index is 1.66. The van der Waals surface area contributed by atoms with E-state index in [4.69, 9.17) is 5.11 Å². The molecular formula is C17H21NO3. The van der Waals surface area contributed by atoms with Gasteiger partial charge in [0.15, 0.2) is 0 Å². The van der Waals surface area contributed by atoms with Crippen molar-refractivity contribution >= 4 is 18.0 Å². The van der Waals surface area contributed by atoms with Crippen LogP contribution >= 0.6 is 0 Å². The summed E-state index contributed by atoms with van der Waals surface area (Å²) in [5.41, 5.74) is 1.12. The fourth-order valence-corrected chi connectivity index (χ4v) is 2.63. The van der Waals surface area contributed by atoms with Crippen molar-refractivity contribution in [2.24, 2.45) is 5.92 Å². The Morgan fingerprint density at radius 3 is 2.67 bits per heavy atom. The molecule has 2 rings (SSSR count). The molecule has 4 heteroatoms. The van der Waals surface area contributed by atoms with E-state index >= 15 is 0 Å². The Hall–Kier alpha value is -2.10. The zero-order valence-electron chi connectivity index (χ0n) is 12.0. The lowest BCUT2D eigenvalue weighted by atomic mass is 10.1. The van der Waals surface area contributed by atoms with Crippen LogP contribution in [0.4, 0.5) is 0 Å². The number of nitrogens with one attached hydrogen (secondary N) is 1. The molecule has 0 spiro atoms. The average Bonchev–Trinajstić information content (AvgIpc) is 2.93. The van der Waals surface area contributed by atoms with Gasteiger partial charge in [-0.15, -0.1) is 0 Å². The molecule has 0 heterocycles. The number of carbonyl (C=O) groups excluding carboxylic acids is 1. The van der Waals surface area contributed by atoms with Gasteiger partial charge in [0.25, 0.3) is 0 Å². The van der Waals surface area contributed by atoms with Gasteiger partial charge in [0.1, 0.15) is 0 Å². The standard InChI is InChI=1S/C17H21NO3/c19-16(18-15-11-10-14(12-15)17(20)21)9-5-4-8-13-6-2-1-3-7-13/h1-4,6-8,14-15H,5,9-12H2,(H,18,19)(H,20,21)/b8-4+/t14-,15+/m0/s1. The maximum atomic E-state index is 11.8. The molecule has 21 heavy (non-hydrogen) atoms. The van der Waals surface area contributed by atoms with Gasteiger partial charge in [-0.1, -0.05) is 42.5 Å². The predicted octanol–water partition coefficient (Wildman–Crippen LogP) is 2.85. The summed E-state index contributed by atoms with van der Waals surface area (Å²) in [5, 5.41) is 11.9. The summed E-state index contributed by atoms with van der Waals surface area (Å²) in [7, 11) is 0. The Bertz CT molecular complexity index is 510. The maximum absolute atomic E-state index is 11.8. The zero-order chi connectivity index (χ0) is 15.1. The minimum Gasteiger partial charge on any atom is -0.481 e. The first-order valence-electron chi connectivity index (χ1n) is 7.39. The van der Waals surface area contributed by atoms with Gasteiger partial charge in [0.05, 0.1) is 5.92 Å². The van der Waals surface area contributed by atoms with Gasteiger partial charge in [-0.3, -0.25) is 9.59 Å². The van der Waals surface area contributed by atoms with Gasteiger partial charge >= 0.3 is 5.97 Å². The molecule has 1 saturated carbocycles. The van der Waals surface area contributed by atoms with E-state index in [9.17, 15) is 9.59 Å². The number of carboxylic acid groups (broad SMARTS) is 1. The number of carboxylic acids is 1. The summed E-state index contributed by atoms with van der Waals surface area (Å²) in [6.45, 7) is 0. The van der Waals surface area contributed by atoms with Crippen molar-refractivity contribution < 1.29 is 14.7 Å². The third-order valence-corrected chi connectivity index (χ3v) is 3.79. The second-order valence-corrected chi connectivity index (χ2v) is 5.46. The van der Waals surface area contributed by atoms with E-state index in [1.54, 1.807) is 0 Å². The van der Waals surface area contributed by atoms with Gasteiger partial charge in [0, 0.05) is 12.5 Å². The number of benzene rings is 1. The van der Waals surface area contributed by atoms with Crippen molar-refractivity contribution in [3.05, 3.63) is 42.0 Å². The molecule has 4 nitrogen and oxygen atoms in total. The third kappa shape index (κ3) is 5.06. The van der Waals surface area contributed by atoms with Gasteiger partial charge < -0.3 is 10.4 Å². The minimum atomic E-state index is -0.752. The first kappa shape index (κ1) is 15.3. The van der Waals surface area contributed by atoms with Crippen LogP contribution < -0.4 is 5.32 Å². The topological polar surface area (TPSA) is 66.4 Å². The fourth-order valence-electron chi connectivity index (χ4n) is 2.63. The van der Waals surface area contributed by atoms with E-state index in [0.29, 0.717) is 25.7 Å². The van der Waals surface area contributed by atoms with Crippen molar-refractivity contribution in [2.45, 2.75) is 38.1 Å². The number of hydrogen-bond acceptors (Lipinski definition) is 2. The van der Waals surface area contributed by atoms with Crippen molar-refractivity contribution in [1.82, 2.24) is 5.32 Å². The molecule has 1 fully saturated rings. The molecule has 0 aliphatic heterocycles. The summed E-state index contributed by atoms with van der Waals surface area (Å²) in [6.07, 6.45) is 7.11. The van der Waals surface area contributed by atoms with Crippen LogP contribution in [-0.2, 0) is 9.59 Å². The van der Waals surface area contributed by atoms with Crippen LogP contribution in [0.3, 0.4) is 0 Å². The SMILES string of the molecule is O=C(CC/C=C/c1ccccc1)N[C@@H]1CC[C@H](C(=O)O)C1. The summed E-state index contributed by atoms with van der Waals surface area (Å²) in [6, 6.07) is 9.98. The number of allylic oxidation sites excluding steroid dienone is 1. The summed E-state index contributed by atoms with van der Waals surface area (Å²) < 4.78 is 0. The third-order valence-electron chi connectivity index (χ3n) is 3.79. The molecule has 0 unspecified atom stereocenters. The van der Waals surface area contributed by atoms with Crippen LogP contribution in [-0.4, -0.2) is 23.0 Å². The van der Waals surface area contributed by atoms with Crippen LogP contribution in [0.1, 0.15) is 37.7 Å². The van der Waals surface area contributed by atoms with Crippen LogP contribution in [0.25, 0.3) is 6.08 Å². The maximum Gasteiger partial charge on any atom is 0.306 e. The van der Waals surface area contributed by atoms with Crippen LogP contribution in [0.15, 0.2) is 36.4 Å². The summed E-state index contributed by atoms with van der Waals surface area (Å²) in [4.78, 5) is 22.7. The van der Waals surface area contributed by atoms with Crippen molar-refractivity contribution in [1.29, 1.82) is 0 Å². The Kier molecular flexibility index (Phi) is 5.55. The minimum absolute atomic E-state index is 0.00347. The fraction of sp³-hybridized carbons (Fsp3) is 0.412. The highest BCUT2D eigenvalue weighted by Gasteiger charge is 2.30. The molecule has 1 amide bonds. The highest BCUT2D eigenvalue weighted by Crippen LogP contribution is 2.25. The van der Waals surface area contributed by atoms with E-state index in [-0.39, 0.29) is 17.9 Å². The van der Waals surface area contributed by atoms with E-state index < -0.39 is 5.97 Å². The highest BCUT2D eigenvalue weighted by atomic mass is 16.4. The largest absolute Gasteiger partial charge is 0.481 e. The van der Waals surface area contributed by atoms with Crippen molar-refractivity contribution in [2.75, 3.05) is 0 Å². The Labute approximate surface area is 124 Å². The molecule has 0 saturated heterocycles. The number of amides is 1. The van der Waals surface area contributed by atoms with Gasteiger partial charge in [-0.05, 0) is 31.2 Å². The number of hydrogen-bond donors (Lipinski definition) is 2. The van der Waals surface area contributed by atoms with Gasteiger partial charge in [0.2, 0.25) is 5.91 Å². The lowest BCUT2D eigenvalue weighted by Crippen LogP contribution is -2.33. The normalized spacial score (nSPS) is 21.5. The monoisotopic (exact) mass is 287 g/mol. The molecular weight excluding hydrogens is 266 g/mol. The second-order valence-electron chi connectivity index (χ2n) is 5.46. The summed E-state index contributed by atoms with van der Waals surface area (Å²) >= 11 is 0. The molecule has 2 N–H and O–H groups in total. The second kappa shape index (κ2) is 7.62. The lowest BCUT2D eigenvalue weighted by Gasteiger charge is -2.11. The first-order valence-corrected chi connectivity index (χ1v) is 7.39. The van der Waals surface area contributed by atoms with E-state index in [1.807, 2.05) is 42.5 Å². The molecule has 1 aliphatic carbocycles. The summed E-state index contributed by atoms with van der Waals surface area (Å²) in [5.74, 6) is -1.05. The quantitative estimate of drug-likeness (QED) is 0.845. The Morgan fingerprint density at radius 1 is 1.24 bits per heavy atom. The highest BCUT2D eigenvalue weighted by molar-refractivity contribution is 5.77. The zero-order valence-corrected chi connectivity index (χ0v) is 12.0. The molecule has 1 aliphatic rings. The van der Waals surface area contributed by atoms with Gasteiger partial charge in [-0.25, -0.2) is 0 Å². The predicted molar refractivity (Wildman–Crippen MR) is 81.6 cm³/mol. The molecule has 0 aromatic heterocycles. The lowest BCUT2D eigenvalue weighted by molar-refractivity contribution is -0.141. The van der Waals surface area contributed by atoms with Crippen LogP contribution in [0.5, 0.6) is 0 Å². The number of rotatable bonds is 6. The van der Waals surface area contributed by atoms with Crippen LogP contribution in [0, 0.1) is 5.92 Å². The molecule has 112 valence electrons. The Morgan fingerprint density at radius 2 is 2.00 bits per heavy atom. The van der Waals surface area contributed by atoms with E-state index in [1.165, 1.54) is 0 Å². The van der Waals surface area contributed by atoms with Crippen molar-refractivity contribution in [3.63, 3.8) is 0 Å². The first-order chi connectivity index (χ1) is 10.1. The number of carbonyl (C=O) groups is 2. The molecule has 0 bridgehead atoms. The molecule has 0 radical (unpaired) electrons. The molecule has 1 aromatic carbocycles. The smallest absolute Gasteiger partial charge is 0.306 e. The van der Waals surface area contributed by atoms with Crippen LogP contribution in [0.2, 0.25) is 0 Å². The number of aliphatic carboxylic acids is 1.